The predicted octanol–water partition coefficient (Wildman–Crippen LogP) is 3.59. The van der Waals surface area contributed by atoms with Crippen molar-refractivity contribution in [2.45, 2.75) is 42.2 Å². The molecule has 1 fully saturated rings. The van der Waals surface area contributed by atoms with Crippen molar-refractivity contribution in [1.29, 1.82) is 0 Å². The summed E-state index contributed by atoms with van der Waals surface area (Å²) in [5.74, 6) is 1.88. The van der Waals surface area contributed by atoms with E-state index in [4.69, 9.17) is 4.52 Å². The van der Waals surface area contributed by atoms with Crippen LogP contribution < -0.4 is 0 Å². The number of Topliss-reactive ketones (excluding diaryl/α,β-unsaturated/α-hetero) is 1. The summed E-state index contributed by atoms with van der Waals surface area (Å²) in [5, 5.41) is 3.98. The van der Waals surface area contributed by atoms with Crippen LogP contribution in [-0.4, -0.2) is 15.9 Å². The van der Waals surface area contributed by atoms with E-state index in [1.807, 2.05) is 18.2 Å². The molecule has 104 valence electrons. The highest BCUT2D eigenvalue weighted by Crippen LogP contribution is 2.29. The fourth-order valence-electron chi connectivity index (χ4n) is 2.38. The molecule has 2 aromatic rings. The first kappa shape index (κ1) is 13.4. The highest BCUT2D eigenvalue weighted by atomic mass is 32.2. The van der Waals surface area contributed by atoms with Gasteiger partial charge < -0.3 is 4.52 Å². The van der Waals surface area contributed by atoms with Crippen molar-refractivity contribution in [2.24, 2.45) is 0 Å². The molecule has 1 atom stereocenters. The fourth-order valence-corrected chi connectivity index (χ4v) is 3.14. The molecule has 1 aliphatic rings. The number of nitrogens with zero attached hydrogens (tertiary/aromatic N) is 2. The van der Waals surface area contributed by atoms with Gasteiger partial charge in [-0.15, -0.1) is 11.8 Å². The molecule has 0 saturated heterocycles. The molecule has 1 aromatic carbocycles. The molecule has 4 nitrogen and oxygen atoms in total. The lowest BCUT2D eigenvalue weighted by atomic mass is 9.88. The zero-order valence-electron chi connectivity index (χ0n) is 11.1. The van der Waals surface area contributed by atoms with Crippen LogP contribution >= 0.6 is 11.8 Å². The van der Waals surface area contributed by atoms with Gasteiger partial charge in [-0.1, -0.05) is 29.8 Å². The summed E-state index contributed by atoms with van der Waals surface area (Å²) < 4.78 is 5.27. The zero-order valence-corrected chi connectivity index (χ0v) is 11.9. The molecule has 3 rings (SSSR count). The molecule has 1 aliphatic carbocycles. The van der Waals surface area contributed by atoms with E-state index in [9.17, 15) is 4.79 Å². The fraction of sp³-hybridized carbons (Fsp3) is 0.400. The van der Waals surface area contributed by atoms with E-state index in [2.05, 4.69) is 22.3 Å². The molecule has 1 heterocycles. The summed E-state index contributed by atoms with van der Waals surface area (Å²) in [5.41, 5.74) is 0. The molecule has 1 aromatic heterocycles. The van der Waals surface area contributed by atoms with E-state index in [-0.39, 0.29) is 11.7 Å². The highest BCUT2D eigenvalue weighted by molar-refractivity contribution is 7.98. The maximum atomic E-state index is 11.9. The Bertz CT molecular complexity index is 583. The van der Waals surface area contributed by atoms with Crippen molar-refractivity contribution in [3.8, 4) is 0 Å². The summed E-state index contributed by atoms with van der Waals surface area (Å²) >= 11 is 1.66. The maximum Gasteiger partial charge on any atom is 0.237 e. The molecule has 0 N–H and O–H groups in total. The van der Waals surface area contributed by atoms with Gasteiger partial charge in [0, 0.05) is 11.3 Å². The Morgan fingerprint density at radius 1 is 1.25 bits per heavy atom. The number of benzene rings is 1. The summed E-state index contributed by atoms with van der Waals surface area (Å²) in [7, 11) is 0. The lowest BCUT2D eigenvalue weighted by Gasteiger charge is -2.16. The Morgan fingerprint density at radius 3 is 2.90 bits per heavy atom. The van der Waals surface area contributed by atoms with Crippen LogP contribution in [0.3, 0.4) is 0 Å². The normalized spacial score (nSPS) is 19.2. The van der Waals surface area contributed by atoms with E-state index in [0.717, 1.165) is 19.3 Å². The summed E-state index contributed by atoms with van der Waals surface area (Å²) in [6.45, 7) is 0. The van der Waals surface area contributed by atoms with Crippen molar-refractivity contribution in [3.63, 3.8) is 0 Å². The van der Waals surface area contributed by atoms with Crippen LogP contribution in [0, 0.1) is 0 Å². The number of rotatable bonds is 4. The standard InChI is InChI=1S/C15H16N2O2S/c18-13-9-5-4-8-12(13)15-16-14(17-19-15)10-20-11-6-2-1-3-7-11/h1-3,6-7,12H,4-5,8-10H2. The van der Waals surface area contributed by atoms with Gasteiger partial charge in [0.1, 0.15) is 5.78 Å². The Balaban J connectivity index is 1.63. The minimum atomic E-state index is -0.174. The number of carbonyl (C=O) groups excluding carboxylic acids is 1. The summed E-state index contributed by atoms with van der Waals surface area (Å²) in [6.07, 6.45) is 3.53. The quantitative estimate of drug-likeness (QED) is 0.805. The Labute approximate surface area is 122 Å². The van der Waals surface area contributed by atoms with Gasteiger partial charge in [0.15, 0.2) is 5.82 Å². The highest BCUT2D eigenvalue weighted by Gasteiger charge is 2.28. The molecule has 0 amide bonds. The SMILES string of the molecule is O=C1CCCCC1c1nc(CSc2ccccc2)no1. The average Bonchev–Trinajstić information content (AvgIpc) is 2.95. The molecule has 0 aliphatic heterocycles. The molecule has 1 unspecified atom stereocenters. The van der Waals surface area contributed by atoms with Gasteiger partial charge in [0.2, 0.25) is 5.89 Å². The minimum Gasteiger partial charge on any atom is -0.339 e. The van der Waals surface area contributed by atoms with Gasteiger partial charge in [0.05, 0.1) is 11.7 Å². The topological polar surface area (TPSA) is 56.0 Å². The van der Waals surface area contributed by atoms with Gasteiger partial charge in [-0.2, -0.15) is 4.98 Å². The first-order chi connectivity index (χ1) is 9.83. The van der Waals surface area contributed by atoms with Crippen LogP contribution in [-0.2, 0) is 10.5 Å². The number of hydrogen-bond acceptors (Lipinski definition) is 5. The number of carbonyl (C=O) groups is 1. The van der Waals surface area contributed by atoms with Crippen LogP contribution in [0.2, 0.25) is 0 Å². The maximum absolute atomic E-state index is 11.9. The second-order valence-corrected chi connectivity index (χ2v) is 5.96. The second-order valence-electron chi connectivity index (χ2n) is 4.92. The average molecular weight is 288 g/mol. The zero-order chi connectivity index (χ0) is 13.8. The summed E-state index contributed by atoms with van der Waals surface area (Å²) in [6, 6.07) is 10.1. The van der Waals surface area contributed by atoms with Gasteiger partial charge in [0.25, 0.3) is 0 Å². The third-order valence-corrected chi connectivity index (χ3v) is 4.46. The Hall–Kier alpha value is -1.62. The van der Waals surface area contributed by atoms with E-state index >= 15 is 0 Å². The van der Waals surface area contributed by atoms with Crippen molar-refractivity contribution in [3.05, 3.63) is 42.0 Å². The molecule has 0 radical (unpaired) electrons. The van der Waals surface area contributed by atoms with E-state index in [1.54, 1.807) is 11.8 Å². The van der Waals surface area contributed by atoms with Crippen LogP contribution in [0.4, 0.5) is 0 Å². The third kappa shape index (κ3) is 3.10. The Kier molecular flexibility index (Phi) is 4.16. The third-order valence-electron chi connectivity index (χ3n) is 3.45. The van der Waals surface area contributed by atoms with Gasteiger partial charge in [-0.05, 0) is 25.0 Å². The van der Waals surface area contributed by atoms with Crippen molar-refractivity contribution >= 4 is 17.5 Å². The number of ketones is 1. The lowest BCUT2D eigenvalue weighted by molar-refractivity contribution is -0.122. The van der Waals surface area contributed by atoms with Gasteiger partial charge in [-0.3, -0.25) is 4.79 Å². The first-order valence-corrected chi connectivity index (χ1v) is 7.84. The van der Waals surface area contributed by atoms with Crippen molar-refractivity contribution in [1.82, 2.24) is 10.1 Å². The minimum absolute atomic E-state index is 0.174. The lowest BCUT2D eigenvalue weighted by Crippen LogP contribution is -2.17. The monoisotopic (exact) mass is 288 g/mol. The predicted molar refractivity (Wildman–Crippen MR) is 76.5 cm³/mol. The van der Waals surface area contributed by atoms with E-state index < -0.39 is 0 Å². The Morgan fingerprint density at radius 2 is 2.10 bits per heavy atom. The molecule has 0 bridgehead atoms. The molecule has 1 saturated carbocycles. The second kappa shape index (κ2) is 6.22. The number of aromatic nitrogens is 2. The largest absolute Gasteiger partial charge is 0.339 e. The molecule has 5 heteroatoms. The van der Waals surface area contributed by atoms with Crippen LogP contribution in [0.5, 0.6) is 0 Å². The van der Waals surface area contributed by atoms with Gasteiger partial charge >= 0.3 is 0 Å². The molecule has 0 spiro atoms. The van der Waals surface area contributed by atoms with Crippen molar-refractivity contribution in [2.75, 3.05) is 0 Å². The molecule has 20 heavy (non-hydrogen) atoms. The van der Waals surface area contributed by atoms with Gasteiger partial charge in [-0.25, -0.2) is 0 Å². The van der Waals surface area contributed by atoms with Crippen molar-refractivity contribution < 1.29 is 9.32 Å². The van der Waals surface area contributed by atoms with Crippen LogP contribution in [0.15, 0.2) is 39.8 Å². The number of hydrogen-bond donors (Lipinski definition) is 0. The van der Waals surface area contributed by atoms with Crippen LogP contribution in [0.1, 0.15) is 43.3 Å². The summed E-state index contributed by atoms with van der Waals surface area (Å²) in [4.78, 5) is 17.4. The molecular formula is C15H16N2O2S. The number of thioether (sulfide) groups is 1. The van der Waals surface area contributed by atoms with E-state index in [0.29, 0.717) is 23.9 Å². The first-order valence-electron chi connectivity index (χ1n) is 6.86. The van der Waals surface area contributed by atoms with E-state index in [1.165, 1.54) is 4.90 Å². The molecular weight excluding hydrogens is 272 g/mol. The van der Waals surface area contributed by atoms with Crippen LogP contribution in [0.25, 0.3) is 0 Å². The smallest absolute Gasteiger partial charge is 0.237 e.